The zero-order chi connectivity index (χ0) is 27.4. The fourth-order valence-corrected chi connectivity index (χ4v) is 5.89. The van der Waals surface area contributed by atoms with Crippen molar-refractivity contribution in [3.8, 4) is 17.2 Å². The summed E-state index contributed by atoms with van der Waals surface area (Å²) < 4.78 is 20.7. The van der Waals surface area contributed by atoms with Gasteiger partial charge in [-0.3, -0.25) is 9.69 Å². The van der Waals surface area contributed by atoms with Crippen LogP contribution in [0.2, 0.25) is 0 Å². The molecule has 1 amide bonds. The van der Waals surface area contributed by atoms with Crippen molar-refractivity contribution in [3.05, 3.63) is 82.7 Å². The number of benzene rings is 3. The third kappa shape index (κ3) is 6.53. The Hall–Kier alpha value is -3.58. The summed E-state index contributed by atoms with van der Waals surface area (Å²) in [6.45, 7) is 5.02. The average Bonchev–Trinajstić information content (AvgIpc) is 2.93. The van der Waals surface area contributed by atoms with Crippen LogP contribution in [0.15, 0.2) is 54.6 Å². The highest BCUT2D eigenvalue weighted by atomic mass is 19.1. The molecule has 39 heavy (non-hydrogen) atoms. The van der Waals surface area contributed by atoms with E-state index in [1.807, 2.05) is 18.2 Å². The Bertz CT molecular complexity index is 1320. The van der Waals surface area contributed by atoms with Gasteiger partial charge in [-0.2, -0.15) is 0 Å². The largest absolute Gasteiger partial charge is 0.508 e. The van der Waals surface area contributed by atoms with E-state index in [0.717, 1.165) is 50.0 Å². The smallest absolute Gasteiger partial charge is 0.224 e. The first-order valence-electron chi connectivity index (χ1n) is 13.9. The number of likely N-dealkylation sites (tertiary alicyclic amines) is 1. The molecule has 0 saturated carbocycles. The topological polar surface area (TPSA) is 73.2 Å². The number of fused-ring (bicyclic) bond motifs is 1. The van der Waals surface area contributed by atoms with Gasteiger partial charge in [-0.05, 0) is 104 Å². The van der Waals surface area contributed by atoms with Gasteiger partial charge in [0.25, 0.3) is 0 Å². The number of phenolic OH excluding ortho intramolecular Hbond substituents is 2. The number of rotatable bonds is 8. The molecule has 1 unspecified atom stereocenters. The number of aromatic hydroxyl groups is 2. The summed E-state index contributed by atoms with van der Waals surface area (Å²) in [4.78, 5) is 16.8. The van der Waals surface area contributed by atoms with Crippen LogP contribution in [-0.4, -0.2) is 47.3 Å². The summed E-state index contributed by atoms with van der Waals surface area (Å²) in [5.74, 6) is 0.0702. The summed E-state index contributed by atoms with van der Waals surface area (Å²) >= 11 is 0. The van der Waals surface area contributed by atoms with Gasteiger partial charge in [0.2, 0.25) is 5.91 Å². The van der Waals surface area contributed by atoms with E-state index in [9.17, 15) is 19.4 Å². The van der Waals surface area contributed by atoms with Gasteiger partial charge in [0.05, 0.1) is 12.2 Å². The normalized spacial score (nSPS) is 17.4. The molecule has 2 aliphatic rings. The van der Waals surface area contributed by atoms with Crippen molar-refractivity contribution in [2.24, 2.45) is 0 Å². The van der Waals surface area contributed by atoms with Gasteiger partial charge in [-0.1, -0.05) is 24.6 Å². The minimum atomic E-state index is -0.446. The third-order valence-electron chi connectivity index (χ3n) is 7.99. The van der Waals surface area contributed by atoms with Crippen LogP contribution in [0.4, 0.5) is 10.1 Å². The van der Waals surface area contributed by atoms with Crippen LogP contribution < -0.4 is 9.64 Å². The molecular weight excluding hydrogens is 495 g/mol. The molecule has 6 nitrogen and oxygen atoms in total. The molecule has 0 radical (unpaired) electrons. The number of halogens is 1. The lowest BCUT2D eigenvalue weighted by molar-refractivity contribution is -0.116. The molecular formula is C32H37FN2O4. The van der Waals surface area contributed by atoms with Crippen LogP contribution in [-0.2, 0) is 24.2 Å². The molecule has 206 valence electrons. The Morgan fingerprint density at radius 2 is 1.77 bits per heavy atom. The molecule has 1 aliphatic carbocycles. The van der Waals surface area contributed by atoms with Crippen LogP contribution >= 0.6 is 0 Å². The summed E-state index contributed by atoms with van der Waals surface area (Å²) in [5.41, 5.74) is 4.57. The first kappa shape index (κ1) is 27.0. The van der Waals surface area contributed by atoms with Crippen molar-refractivity contribution in [1.82, 2.24) is 4.90 Å². The van der Waals surface area contributed by atoms with E-state index < -0.39 is 5.82 Å². The maximum absolute atomic E-state index is 15.0. The Kier molecular flexibility index (Phi) is 8.36. The molecule has 5 rings (SSSR count). The van der Waals surface area contributed by atoms with Crippen LogP contribution in [0.25, 0.3) is 0 Å². The SMILES string of the molecule is CC(=O)N(Cc1ccc(OCCN2CCCCC2)c(F)c1)c1cc(O)ccc1C1CCc2cc(O)ccc2C1. The highest BCUT2D eigenvalue weighted by Crippen LogP contribution is 2.40. The van der Waals surface area contributed by atoms with E-state index in [1.54, 1.807) is 35.2 Å². The van der Waals surface area contributed by atoms with Gasteiger partial charge in [0.1, 0.15) is 18.1 Å². The van der Waals surface area contributed by atoms with Gasteiger partial charge < -0.3 is 19.8 Å². The average molecular weight is 533 g/mol. The number of hydrogen-bond acceptors (Lipinski definition) is 5. The minimum absolute atomic E-state index is 0.0739. The van der Waals surface area contributed by atoms with E-state index in [2.05, 4.69) is 4.90 Å². The van der Waals surface area contributed by atoms with Crippen molar-refractivity contribution in [2.75, 3.05) is 31.1 Å². The van der Waals surface area contributed by atoms with Crippen molar-refractivity contribution in [1.29, 1.82) is 0 Å². The highest BCUT2D eigenvalue weighted by molar-refractivity contribution is 5.92. The molecule has 1 aliphatic heterocycles. The van der Waals surface area contributed by atoms with Gasteiger partial charge >= 0.3 is 0 Å². The number of piperidine rings is 1. The third-order valence-corrected chi connectivity index (χ3v) is 7.99. The van der Waals surface area contributed by atoms with Crippen molar-refractivity contribution in [2.45, 2.75) is 57.9 Å². The van der Waals surface area contributed by atoms with E-state index in [-0.39, 0.29) is 35.6 Å². The Morgan fingerprint density at radius 1 is 1.00 bits per heavy atom. The molecule has 2 N–H and O–H groups in total. The van der Waals surface area contributed by atoms with E-state index in [0.29, 0.717) is 17.9 Å². The number of carbonyl (C=O) groups excluding carboxylic acids is 1. The first-order valence-corrected chi connectivity index (χ1v) is 13.9. The molecule has 1 atom stereocenters. The van der Waals surface area contributed by atoms with Crippen molar-refractivity contribution in [3.63, 3.8) is 0 Å². The number of aryl methyl sites for hydroxylation is 1. The van der Waals surface area contributed by atoms with Crippen LogP contribution in [0, 0.1) is 5.82 Å². The zero-order valence-electron chi connectivity index (χ0n) is 22.5. The number of hydrogen-bond donors (Lipinski definition) is 2. The minimum Gasteiger partial charge on any atom is -0.508 e. The maximum Gasteiger partial charge on any atom is 0.224 e. The second-order valence-corrected chi connectivity index (χ2v) is 10.8. The van der Waals surface area contributed by atoms with Gasteiger partial charge in [-0.25, -0.2) is 4.39 Å². The van der Waals surface area contributed by atoms with E-state index >= 15 is 0 Å². The van der Waals surface area contributed by atoms with Crippen LogP contribution in [0.3, 0.4) is 0 Å². The molecule has 0 aromatic heterocycles. The van der Waals surface area contributed by atoms with Crippen LogP contribution in [0.5, 0.6) is 17.2 Å². The summed E-state index contributed by atoms with van der Waals surface area (Å²) in [6, 6.07) is 15.5. The molecule has 0 spiro atoms. The predicted octanol–water partition coefficient (Wildman–Crippen LogP) is 5.93. The fourth-order valence-electron chi connectivity index (χ4n) is 5.89. The van der Waals surface area contributed by atoms with Gasteiger partial charge in [0, 0.05) is 19.5 Å². The lowest BCUT2D eigenvalue weighted by atomic mass is 9.79. The predicted molar refractivity (Wildman–Crippen MR) is 150 cm³/mol. The van der Waals surface area contributed by atoms with Crippen molar-refractivity contribution < 1.29 is 24.1 Å². The molecule has 3 aromatic carbocycles. The highest BCUT2D eigenvalue weighted by Gasteiger charge is 2.26. The molecule has 7 heteroatoms. The monoisotopic (exact) mass is 532 g/mol. The lowest BCUT2D eigenvalue weighted by Gasteiger charge is -2.31. The van der Waals surface area contributed by atoms with Gasteiger partial charge in [0.15, 0.2) is 11.6 Å². The second kappa shape index (κ2) is 12.1. The second-order valence-electron chi connectivity index (χ2n) is 10.8. The van der Waals surface area contributed by atoms with E-state index in [1.165, 1.54) is 37.8 Å². The molecule has 1 fully saturated rings. The number of ether oxygens (including phenoxy) is 1. The standard InChI is InChI=1S/C32H37FN2O4/c1-22(36)35(21-23-5-12-32(30(33)17-23)39-16-15-34-13-3-2-4-14-34)31-20-28(38)10-11-29(31)26-7-6-25-19-27(37)9-8-24(25)18-26/h5,8-12,17,19-20,26,37-38H,2-4,6-7,13-16,18,21H2,1H3. The number of anilines is 1. The zero-order valence-corrected chi connectivity index (χ0v) is 22.5. The van der Waals surface area contributed by atoms with E-state index in [4.69, 9.17) is 4.74 Å². The molecule has 0 bridgehead atoms. The number of phenols is 2. The fraction of sp³-hybridized carbons (Fsp3) is 0.406. The Labute approximate surface area is 229 Å². The number of nitrogens with zero attached hydrogens (tertiary/aromatic N) is 2. The molecule has 1 saturated heterocycles. The first-order chi connectivity index (χ1) is 18.9. The maximum atomic E-state index is 15.0. The summed E-state index contributed by atoms with van der Waals surface area (Å²) in [5, 5.41) is 20.2. The Balaban J connectivity index is 1.32. The molecule has 1 heterocycles. The lowest BCUT2D eigenvalue weighted by Crippen LogP contribution is -2.33. The molecule has 3 aromatic rings. The van der Waals surface area contributed by atoms with Crippen LogP contribution in [0.1, 0.15) is 60.8 Å². The quantitative estimate of drug-likeness (QED) is 0.376. The number of carbonyl (C=O) groups is 1. The summed E-state index contributed by atoms with van der Waals surface area (Å²) in [7, 11) is 0. The number of amides is 1. The summed E-state index contributed by atoms with van der Waals surface area (Å²) in [6.07, 6.45) is 6.13. The van der Waals surface area contributed by atoms with Gasteiger partial charge in [-0.15, -0.1) is 0 Å². The Morgan fingerprint density at radius 3 is 2.54 bits per heavy atom. The van der Waals surface area contributed by atoms with Crippen molar-refractivity contribution >= 4 is 11.6 Å².